The van der Waals surface area contributed by atoms with Gasteiger partial charge in [0.15, 0.2) is 0 Å². The predicted molar refractivity (Wildman–Crippen MR) is 57.0 cm³/mol. The minimum atomic E-state index is -0.154. The smallest absolute Gasteiger partial charge is 0.123 e. The molecule has 1 aliphatic rings. The number of hydrogen-bond acceptors (Lipinski definition) is 1. The number of halogens is 1. The van der Waals surface area contributed by atoms with Gasteiger partial charge in [0, 0.05) is 18.8 Å². The molecule has 1 aromatic carbocycles. The highest BCUT2D eigenvalue weighted by Crippen LogP contribution is 2.22. The molecule has 0 saturated carbocycles. The summed E-state index contributed by atoms with van der Waals surface area (Å²) in [4.78, 5) is 2.33. The first kappa shape index (κ1) is 9.50. The summed E-state index contributed by atoms with van der Waals surface area (Å²) in [5.41, 5.74) is 1.15. The maximum Gasteiger partial charge on any atom is 0.123 e. The molecule has 14 heavy (non-hydrogen) atoms. The Kier molecular flexibility index (Phi) is 2.71. The molecule has 0 spiro atoms. The molecule has 1 fully saturated rings. The summed E-state index contributed by atoms with van der Waals surface area (Å²) in [6.45, 7) is 4.50. The molecule has 0 aliphatic carbocycles. The van der Waals surface area contributed by atoms with Crippen molar-refractivity contribution in [3.8, 4) is 0 Å². The molecule has 0 atom stereocenters. The van der Waals surface area contributed by atoms with Gasteiger partial charge in [-0.15, -0.1) is 0 Å². The molecular weight excluding hydrogens is 177 g/mol. The van der Waals surface area contributed by atoms with Gasteiger partial charge in [0.05, 0.1) is 0 Å². The molecule has 1 nitrogen and oxygen atoms in total. The van der Waals surface area contributed by atoms with Crippen LogP contribution in [-0.4, -0.2) is 13.1 Å². The van der Waals surface area contributed by atoms with Crippen LogP contribution in [0.25, 0.3) is 0 Å². The van der Waals surface area contributed by atoms with E-state index < -0.39 is 0 Å². The van der Waals surface area contributed by atoms with Gasteiger partial charge in [0.25, 0.3) is 0 Å². The summed E-state index contributed by atoms with van der Waals surface area (Å²) in [7, 11) is 0. The fourth-order valence-electron chi connectivity index (χ4n) is 1.92. The van der Waals surface area contributed by atoms with Gasteiger partial charge in [0.2, 0.25) is 0 Å². The van der Waals surface area contributed by atoms with Crippen LogP contribution in [0.15, 0.2) is 24.3 Å². The molecule has 2 rings (SSSR count). The SMILES string of the molecule is CC1CCN(c2ccc(F)cc2)CC1. The van der Waals surface area contributed by atoms with Crippen LogP contribution < -0.4 is 4.90 Å². The van der Waals surface area contributed by atoms with Gasteiger partial charge in [-0.3, -0.25) is 0 Å². The summed E-state index contributed by atoms with van der Waals surface area (Å²) < 4.78 is 12.7. The van der Waals surface area contributed by atoms with E-state index in [9.17, 15) is 4.39 Å². The van der Waals surface area contributed by atoms with Gasteiger partial charge in [-0.1, -0.05) is 6.92 Å². The molecule has 0 aromatic heterocycles. The highest BCUT2D eigenvalue weighted by molar-refractivity contribution is 5.46. The highest BCUT2D eigenvalue weighted by Gasteiger charge is 2.15. The first-order chi connectivity index (χ1) is 6.75. The van der Waals surface area contributed by atoms with Crippen molar-refractivity contribution < 1.29 is 4.39 Å². The Morgan fingerprint density at radius 3 is 2.29 bits per heavy atom. The van der Waals surface area contributed by atoms with Gasteiger partial charge in [0.1, 0.15) is 5.82 Å². The van der Waals surface area contributed by atoms with E-state index in [2.05, 4.69) is 11.8 Å². The largest absolute Gasteiger partial charge is 0.372 e. The van der Waals surface area contributed by atoms with E-state index in [1.54, 1.807) is 0 Å². The molecule has 1 aliphatic heterocycles. The lowest BCUT2D eigenvalue weighted by Crippen LogP contribution is -2.32. The van der Waals surface area contributed by atoms with Crippen molar-refractivity contribution in [2.24, 2.45) is 5.92 Å². The fourth-order valence-corrected chi connectivity index (χ4v) is 1.92. The number of benzene rings is 1. The van der Waals surface area contributed by atoms with Crippen molar-refractivity contribution in [1.29, 1.82) is 0 Å². The number of piperidine rings is 1. The first-order valence-corrected chi connectivity index (χ1v) is 5.26. The maximum atomic E-state index is 12.7. The maximum absolute atomic E-state index is 12.7. The molecule has 1 heterocycles. The lowest BCUT2D eigenvalue weighted by atomic mass is 9.99. The molecular formula is C12H16FN. The van der Waals surface area contributed by atoms with Gasteiger partial charge in [-0.2, -0.15) is 0 Å². The summed E-state index contributed by atoms with van der Waals surface area (Å²) in [5, 5.41) is 0. The molecule has 0 N–H and O–H groups in total. The Morgan fingerprint density at radius 2 is 1.71 bits per heavy atom. The van der Waals surface area contributed by atoms with Crippen molar-refractivity contribution in [3.05, 3.63) is 30.1 Å². The normalized spacial score (nSPS) is 18.6. The average molecular weight is 193 g/mol. The minimum absolute atomic E-state index is 0.154. The van der Waals surface area contributed by atoms with Crippen LogP contribution in [0.2, 0.25) is 0 Å². The molecule has 0 amide bonds. The van der Waals surface area contributed by atoms with E-state index in [4.69, 9.17) is 0 Å². The summed E-state index contributed by atoms with van der Waals surface area (Å²) >= 11 is 0. The Morgan fingerprint density at radius 1 is 1.14 bits per heavy atom. The number of hydrogen-bond donors (Lipinski definition) is 0. The van der Waals surface area contributed by atoms with Gasteiger partial charge >= 0.3 is 0 Å². The Labute approximate surface area is 84.5 Å². The van der Waals surface area contributed by atoms with E-state index in [-0.39, 0.29) is 5.82 Å². The van der Waals surface area contributed by atoms with Crippen LogP contribution in [0.4, 0.5) is 10.1 Å². The minimum Gasteiger partial charge on any atom is -0.372 e. The monoisotopic (exact) mass is 193 g/mol. The van der Waals surface area contributed by atoms with Gasteiger partial charge in [-0.05, 0) is 43.0 Å². The zero-order valence-electron chi connectivity index (χ0n) is 8.54. The molecule has 76 valence electrons. The Balaban J connectivity index is 2.05. The summed E-state index contributed by atoms with van der Waals surface area (Å²) in [5.74, 6) is 0.686. The number of rotatable bonds is 1. The predicted octanol–water partition coefficient (Wildman–Crippen LogP) is 3.06. The van der Waals surface area contributed by atoms with Crippen LogP contribution in [0.3, 0.4) is 0 Å². The summed E-state index contributed by atoms with van der Waals surface area (Å²) in [6.07, 6.45) is 2.49. The summed E-state index contributed by atoms with van der Waals surface area (Å²) in [6, 6.07) is 6.80. The van der Waals surface area contributed by atoms with E-state index >= 15 is 0 Å². The zero-order chi connectivity index (χ0) is 9.97. The quantitative estimate of drug-likeness (QED) is 0.662. The molecule has 0 bridgehead atoms. The van der Waals surface area contributed by atoms with E-state index in [0.29, 0.717) is 0 Å². The lowest BCUT2D eigenvalue weighted by molar-refractivity contribution is 0.438. The van der Waals surface area contributed by atoms with Crippen LogP contribution in [0.1, 0.15) is 19.8 Å². The van der Waals surface area contributed by atoms with E-state index in [1.165, 1.54) is 25.0 Å². The molecule has 2 heteroatoms. The van der Waals surface area contributed by atoms with Crippen LogP contribution >= 0.6 is 0 Å². The number of anilines is 1. The third-order valence-corrected chi connectivity index (χ3v) is 2.98. The third kappa shape index (κ3) is 2.06. The van der Waals surface area contributed by atoms with Crippen molar-refractivity contribution in [1.82, 2.24) is 0 Å². The Bertz CT molecular complexity index is 286. The van der Waals surface area contributed by atoms with Crippen molar-refractivity contribution in [2.75, 3.05) is 18.0 Å². The highest BCUT2D eigenvalue weighted by atomic mass is 19.1. The fraction of sp³-hybridized carbons (Fsp3) is 0.500. The lowest BCUT2D eigenvalue weighted by Gasteiger charge is -2.32. The second-order valence-corrected chi connectivity index (χ2v) is 4.15. The molecule has 0 radical (unpaired) electrons. The molecule has 0 unspecified atom stereocenters. The second-order valence-electron chi connectivity index (χ2n) is 4.15. The zero-order valence-corrected chi connectivity index (χ0v) is 8.54. The van der Waals surface area contributed by atoms with E-state index in [1.807, 2.05) is 12.1 Å². The van der Waals surface area contributed by atoms with Crippen molar-refractivity contribution in [3.63, 3.8) is 0 Å². The second kappa shape index (κ2) is 3.99. The van der Waals surface area contributed by atoms with Gasteiger partial charge < -0.3 is 4.90 Å². The van der Waals surface area contributed by atoms with Crippen LogP contribution in [0.5, 0.6) is 0 Å². The Hall–Kier alpha value is -1.05. The molecule has 1 saturated heterocycles. The van der Waals surface area contributed by atoms with Gasteiger partial charge in [-0.25, -0.2) is 4.39 Å². The number of nitrogens with zero attached hydrogens (tertiary/aromatic N) is 1. The molecule has 1 aromatic rings. The first-order valence-electron chi connectivity index (χ1n) is 5.26. The average Bonchev–Trinajstić information content (AvgIpc) is 2.21. The van der Waals surface area contributed by atoms with Crippen molar-refractivity contribution >= 4 is 5.69 Å². The van der Waals surface area contributed by atoms with Crippen LogP contribution in [-0.2, 0) is 0 Å². The van der Waals surface area contributed by atoms with Crippen molar-refractivity contribution in [2.45, 2.75) is 19.8 Å². The standard InChI is InChI=1S/C12H16FN/c1-10-6-8-14(9-7-10)12-4-2-11(13)3-5-12/h2-5,10H,6-9H2,1H3. The third-order valence-electron chi connectivity index (χ3n) is 2.98. The van der Waals surface area contributed by atoms with Crippen LogP contribution in [0, 0.1) is 11.7 Å². The van der Waals surface area contributed by atoms with E-state index in [0.717, 1.165) is 24.7 Å². The topological polar surface area (TPSA) is 3.24 Å².